The van der Waals surface area contributed by atoms with Crippen molar-refractivity contribution in [2.24, 2.45) is 11.7 Å². The van der Waals surface area contributed by atoms with Crippen LogP contribution in [0, 0.1) is 5.92 Å². The predicted octanol–water partition coefficient (Wildman–Crippen LogP) is 2.00. The van der Waals surface area contributed by atoms with Crippen LogP contribution in [0.1, 0.15) is 31.7 Å². The van der Waals surface area contributed by atoms with Crippen molar-refractivity contribution in [3.8, 4) is 0 Å². The van der Waals surface area contributed by atoms with E-state index in [9.17, 15) is 4.79 Å². The Morgan fingerprint density at radius 3 is 2.95 bits per heavy atom. The average Bonchev–Trinajstić information content (AvgIpc) is 2.65. The van der Waals surface area contributed by atoms with Crippen molar-refractivity contribution in [1.82, 2.24) is 4.90 Å². The zero-order chi connectivity index (χ0) is 14.8. The lowest BCUT2D eigenvalue weighted by Gasteiger charge is -2.38. The van der Waals surface area contributed by atoms with Gasteiger partial charge in [-0.1, -0.05) is 18.2 Å². The molecule has 2 heterocycles. The number of nitrogens with two attached hydrogens (primary N) is 1. The van der Waals surface area contributed by atoms with Gasteiger partial charge in [-0.2, -0.15) is 0 Å². The normalized spacial score (nSPS) is 28.4. The molecule has 114 valence electrons. The van der Waals surface area contributed by atoms with Crippen LogP contribution >= 0.6 is 0 Å². The first kappa shape index (κ1) is 14.5. The number of likely N-dealkylation sites (tertiary alicyclic amines) is 1. The number of anilines is 1. The summed E-state index contributed by atoms with van der Waals surface area (Å²) in [6, 6.07) is 8.32. The van der Waals surface area contributed by atoms with Crippen LogP contribution in [0.5, 0.6) is 0 Å². The Morgan fingerprint density at radius 1 is 1.33 bits per heavy atom. The van der Waals surface area contributed by atoms with Crippen LogP contribution in [0.25, 0.3) is 0 Å². The molecular formula is C17H25N3O. The highest BCUT2D eigenvalue weighted by Gasteiger charge is 2.33. The van der Waals surface area contributed by atoms with Gasteiger partial charge in [-0.05, 0) is 56.7 Å². The first-order valence-electron chi connectivity index (χ1n) is 8.03. The Labute approximate surface area is 126 Å². The zero-order valence-corrected chi connectivity index (χ0v) is 12.7. The first-order chi connectivity index (χ1) is 10.1. The molecule has 2 aliphatic heterocycles. The predicted molar refractivity (Wildman–Crippen MR) is 85.1 cm³/mol. The maximum atomic E-state index is 12.6. The minimum atomic E-state index is -0.0149. The molecule has 1 aromatic carbocycles. The molecule has 4 heteroatoms. The molecule has 1 saturated heterocycles. The molecule has 4 nitrogen and oxygen atoms in total. The molecule has 1 fully saturated rings. The molecule has 0 aromatic heterocycles. The third-order valence-electron chi connectivity index (χ3n) is 4.94. The minimum Gasteiger partial charge on any atom is -0.328 e. The van der Waals surface area contributed by atoms with Gasteiger partial charge in [0.1, 0.15) is 0 Å². The van der Waals surface area contributed by atoms with Gasteiger partial charge in [0, 0.05) is 18.3 Å². The number of nitrogens with zero attached hydrogens (tertiary/aromatic N) is 1. The van der Waals surface area contributed by atoms with Crippen LogP contribution in [0.3, 0.4) is 0 Å². The Balaban J connectivity index is 1.73. The fraction of sp³-hybridized carbons (Fsp3) is 0.588. The number of amides is 1. The first-order valence-corrected chi connectivity index (χ1v) is 8.03. The molecule has 1 aromatic rings. The molecule has 1 amide bonds. The quantitative estimate of drug-likeness (QED) is 0.874. The summed E-state index contributed by atoms with van der Waals surface area (Å²) in [7, 11) is 0. The van der Waals surface area contributed by atoms with Crippen LogP contribution in [-0.4, -0.2) is 36.0 Å². The van der Waals surface area contributed by atoms with E-state index in [-0.39, 0.29) is 18.0 Å². The summed E-state index contributed by atoms with van der Waals surface area (Å²) in [4.78, 5) is 14.9. The van der Waals surface area contributed by atoms with E-state index < -0.39 is 0 Å². The summed E-state index contributed by atoms with van der Waals surface area (Å²) < 4.78 is 0. The van der Waals surface area contributed by atoms with Crippen molar-refractivity contribution in [2.45, 2.75) is 44.7 Å². The van der Waals surface area contributed by atoms with Gasteiger partial charge in [0.25, 0.3) is 0 Å². The van der Waals surface area contributed by atoms with Crippen molar-refractivity contribution in [2.75, 3.05) is 18.4 Å². The molecule has 3 rings (SSSR count). The number of piperidine rings is 1. The molecule has 21 heavy (non-hydrogen) atoms. The van der Waals surface area contributed by atoms with E-state index in [1.807, 2.05) is 18.2 Å². The topological polar surface area (TPSA) is 58.4 Å². The molecule has 0 radical (unpaired) electrons. The van der Waals surface area contributed by atoms with E-state index in [2.05, 4.69) is 23.2 Å². The second kappa shape index (κ2) is 6.16. The number of aryl methyl sites for hydroxylation is 1. The smallest absolute Gasteiger partial charge is 0.241 e. The summed E-state index contributed by atoms with van der Waals surface area (Å²) in [6.45, 7) is 4.04. The van der Waals surface area contributed by atoms with Gasteiger partial charge in [0.15, 0.2) is 0 Å². The van der Waals surface area contributed by atoms with Crippen LogP contribution in [-0.2, 0) is 11.2 Å². The Kier molecular flexibility index (Phi) is 4.27. The maximum absolute atomic E-state index is 12.6. The lowest BCUT2D eigenvalue weighted by molar-refractivity contribution is -0.122. The van der Waals surface area contributed by atoms with E-state index >= 15 is 0 Å². The van der Waals surface area contributed by atoms with Gasteiger partial charge in [-0.15, -0.1) is 0 Å². The Hall–Kier alpha value is -1.39. The second-order valence-electron chi connectivity index (χ2n) is 6.46. The van der Waals surface area contributed by atoms with Gasteiger partial charge in [0.05, 0.1) is 6.04 Å². The number of rotatable bonds is 2. The molecule has 3 atom stereocenters. The third kappa shape index (κ3) is 3.11. The largest absolute Gasteiger partial charge is 0.328 e. The minimum absolute atomic E-state index is 0.0149. The Morgan fingerprint density at radius 2 is 2.14 bits per heavy atom. The monoisotopic (exact) mass is 287 g/mol. The lowest BCUT2D eigenvalue weighted by atomic mass is 9.90. The number of carbonyl (C=O) groups is 1. The van der Waals surface area contributed by atoms with E-state index in [0.29, 0.717) is 5.92 Å². The SMILES string of the molecule is CC(N)C1CCCN(C2CCc3ccccc3NC2=O)C1. The van der Waals surface area contributed by atoms with Gasteiger partial charge in [0.2, 0.25) is 5.91 Å². The molecule has 0 bridgehead atoms. The lowest BCUT2D eigenvalue weighted by Crippen LogP contribution is -2.50. The van der Waals surface area contributed by atoms with E-state index in [0.717, 1.165) is 38.0 Å². The van der Waals surface area contributed by atoms with Crippen LogP contribution in [0.2, 0.25) is 0 Å². The summed E-state index contributed by atoms with van der Waals surface area (Å²) in [5.41, 5.74) is 8.29. The number of hydrogen-bond acceptors (Lipinski definition) is 3. The van der Waals surface area contributed by atoms with Gasteiger partial charge < -0.3 is 11.1 Å². The van der Waals surface area contributed by atoms with Crippen LogP contribution < -0.4 is 11.1 Å². The van der Waals surface area contributed by atoms with Crippen molar-refractivity contribution < 1.29 is 4.79 Å². The molecule has 0 spiro atoms. The molecule has 0 aliphatic carbocycles. The van der Waals surface area contributed by atoms with Crippen molar-refractivity contribution in [3.63, 3.8) is 0 Å². The highest BCUT2D eigenvalue weighted by Crippen LogP contribution is 2.27. The summed E-state index contributed by atoms with van der Waals surface area (Å²) in [5, 5.41) is 3.10. The average molecular weight is 287 g/mol. The van der Waals surface area contributed by atoms with Gasteiger partial charge in [-0.25, -0.2) is 0 Å². The molecule has 3 unspecified atom stereocenters. The van der Waals surface area contributed by atoms with Crippen LogP contribution in [0.4, 0.5) is 5.69 Å². The fourth-order valence-electron chi connectivity index (χ4n) is 3.60. The summed E-state index contributed by atoms with van der Waals surface area (Å²) in [6.07, 6.45) is 4.18. The molecule has 3 N–H and O–H groups in total. The number of fused-ring (bicyclic) bond motifs is 1. The van der Waals surface area contributed by atoms with Gasteiger partial charge in [-0.3, -0.25) is 9.69 Å². The summed E-state index contributed by atoms with van der Waals surface area (Å²) in [5.74, 6) is 0.655. The number of para-hydroxylation sites is 1. The Bertz CT molecular complexity index is 515. The third-order valence-corrected chi connectivity index (χ3v) is 4.94. The highest BCUT2D eigenvalue weighted by molar-refractivity contribution is 5.96. The van der Waals surface area contributed by atoms with Crippen molar-refractivity contribution >= 4 is 11.6 Å². The maximum Gasteiger partial charge on any atom is 0.241 e. The highest BCUT2D eigenvalue weighted by atomic mass is 16.2. The van der Waals surface area contributed by atoms with Crippen molar-refractivity contribution in [3.05, 3.63) is 29.8 Å². The molecule has 2 aliphatic rings. The zero-order valence-electron chi connectivity index (χ0n) is 12.7. The second-order valence-corrected chi connectivity index (χ2v) is 6.46. The fourth-order valence-corrected chi connectivity index (χ4v) is 3.60. The molecule has 0 saturated carbocycles. The van der Waals surface area contributed by atoms with Crippen molar-refractivity contribution in [1.29, 1.82) is 0 Å². The number of hydrogen-bond donors (Lipinski definition) is 2. The van der Waals surface area contributed by atoms with E-state index in [1.54, 1.807) is 0 Å². The number of carbonyl (C=O) groups excluding carboxylic acids is 1. The van der Waals surface area contributed by atoms with E-state index in [1.165, 1.54) is 12.0 Å². The van der Waals surface area contributed by atoms with Gasteiger partial charge >= 0.3 is 0 Å². The van der Waals surface area contributed by atoms with Crippen LogP contribution in [0.15, 0.2) is 24.3 Å². The van der Waals surface area contributed by atoms with E-state index in [4.69, 9.17) is 5.73 Å². The molecular weight excluding hydrogens is 262 g/mol. The number of benzene rings is 1. The summed E-state index contributed by atoms with van der Waals surface area (Å²) >= 11 is 0. The standard InChI is InChI=1S/C17H25N3O/c1-12(18)14-6-4-10-20(11-14)16-9-8-13-5-2-3-7-15(13)19-17(16)21/h2-3,5,7,12,14,16H,4,6,8-11,18H2,1H3,(H,19,21). The number of nitrogens with one attached hydrogen (secondary N) is 1.